The average molecular weight is 537 g/mol. The van der Waals surface area contributed by atoms with Gasteiger partial charge in [-0.3, -0.25) is 19.3 Å². The topological polar surface area (TPSA) is 106 Å². The number of aliphatic hydroxyl groups excluding tert-OH is 1. The molecule has 1 N–H and O–H groups in total. The van der Waals surface area contributed by atoms with E-state index >= 15 is 4.11 Å². The normalized spacial score (nSPS) is 28.3. The molecule has 0 aliphatic carbocycles. The summed E-state index contributed by atoms with van der Waals surface area (Å²) < 4.78 is 33.3. The zero-order valence-corrected chi connectivity index (χ0v) is 23.1. The minimum atomic E-state index is -3.38. The second-order valence-electron chi connectivity index (χ2n) is 10.8. The number of hydrogen-bond donors (Lipinski definition) is 1. The Morgan fingerprint density at radius 1 is 1.32 bits per heavy atom. The van der Waals surface area contributed by atoms with E-state index in [0.29, 0.717) is 23.5 Å². The zero-order valence-electron chi connectivity index (χ0n) is 22.1. The number of likely N-dealkylation sites (tertiary alicyclic amines) is 1. The van der Waals surface area contributed by atoms with Gasteiger partial charge in [0.05, 0.1) is 25.2 Å². The lowest BCUT2D eigenvalue weighted by Gasteiger charge is -2.44. The fraction of sp³-hybridized carbons (Fsp3) is 0.654. The van der Waals surface area contributed by atoms with Crippen molar-refractivity contribution in [1.82, 2.24) is 4.90 Å². The van der Waals surface area contributed by atoms with Crippen LogP contribution in [0.2, 0.25) is 18.6 Å². The maximum absolute atomic E-state index is 15.8. The van der Waals surface area contributed by atoms with Crippen LogP contribution in [-0.2, 0) is 23.9 Å². The van der Waals surface area contributed by atoms with Crippen molar-refractivity contribution >= 4 is 31.9 Å². The molecular weight excluding hydrogens is 499 g/mol. The Kier molecular flexibility index (Phi) is 7.96. The molecule has 11 heteroatoms. The number of nitrogens with zero attached hydrogens (tertiary/aromatic N) is 2. The van der Waals surface area contributed by atoms with Crippen LogP contribution in [0.15, 0.2) is 18.2 Å². The first-order chi connectivity index (χ1) is 17.5. The van der Waals surface area contributed by atoms with Crippen molar-refractivity contribution in [1.29, 1.82) is 0 Å². The van der Waals surface area contributed by atoms with E-state index in [4.69, 9.17) is 14.2 Å². The molecule has 6 atom stereocenters. The lowest BCUT2D eigenvalue weighted by Crippen LogP contribution is -2.55. The summed E-state index contributed by atoms with van der Waals surface area (Å²) in [6.07, 6.45) is 0.0151. The van der Waals surface area contributed by atoms with E-state index in [1.54, 1.807) is 43.3 Å². The van der Waals surface area contributed by atoms with Crippen LogP contribution in [0, 0.1) is 5.92 Å². The fourth-order valence-corrected chi connectivity index (χ4v) is 7.72. The third kappa shape index (κ3) is 5.39. The second-order valence-corrected chi connectivity index (χ2v) is 14.7. The summed E-state index contributed by atoms with van der Waals surface area (Å²) >= 11 is 0. The molecule has 0 radical (unpaired) electrons. The number of amides is 2. The van der Waals surface area contributed by atoms with Gasteiger partial charge in [-0.05, 0) is 44.1 Å². The Bertz CT molecular complexity index is 1050. The van der Waals surface area contributed by atoms with Gasteiger partial charge in [-0.2, -0.15) is 0 Å². The third-order valence-electron chi connectivity index (χ3n) is 7.88. The maximum atomic E-state index is 15.8. The molecule has 1 aromatic rings. The highest BCUT2D eigenvalue weighted by molar-refractivity contribution is 6.72. The van der Waals surface area contributed by atoms with Crippen LogP contribution < -0.4 is 9.64 Å². The molecule has 4 rings (SSSR count). The van der Waals surface area contributed by atoms with Gasteiger partial charge in [0, 0.05) is 49.7 Å². The quantitative estimate of drug-likeness (QED) is 0.235. The molecule has 2 amide bonds. The van der Waals surface area contributed by atoms with Crippen LogP contribution in [-0.4, -0.2) is 74.8 Å². The number of fused-ring (bicyclic) bond motifs is 1. The molecule has 3 aliphatic rings. The second kappa shape index (κ2) is 10.7. The number of esters is 1. The van der Waals surface area contributed by atoms with E-state index in [0.717, 1.165) is 12.8 Å². The minimum absolute atomic E-state index is 0.0113. The Labute approximate surface area is 218 Å². The van der Waals surface area contributed by atoms with Gasteiger partial charge >= 0.3 is 5.97 Å². The predicted molar refractivity (Wildman–Crippen MR) is 136 cm³/mol. The summed E-state index contributed by atoms with van der Waals surface area (Å²) in [6, 6.07) is 5.01. The predicted octanol–water partition coefficient (Wildman–Crippen LogP) is 3.32. The number of methoxy groups -OCH3 is 1. The molecule has 2 saturated heterocycles. The molecule has 3 aliphatic heterocycles. The number of β-lactam (4-membered cyclic amide) rings is 1. The Morgan fingerprint density at radius 3 is 2.65 bits per heavy atom. The molecule has 3 heterocycles. The first-order valence-corrected chi connectivity index (χ1v) is 15.8. The highest BCUT2D eigenvalue weighted by Gasteiger charge is 2.49. The standard InChI is InChI=1S/C26H37FN2O7Si/c1-15-25(34-3)19-11-17(29-23(33)13-24(29)35-16(2)31)8-9-20(19)36-26(15)21(37(4,5)27)12-22(32)28-10-6-7-18(28)14-30/h8-9,11,15,18,21,24-26,30H,6-7,10,12-14H2,1-5H3/t15-,18+,21?,24?,25-,26-/m1/s1. The number of anilines is 1. The molecule has 0 aromatic heterocycles. The van der Waals surface area contributed by atoms with Crippen LogP contribution >= 0.6 is 0 Å². The summed E-state index contributed by atoms with van der Waals surface area (Å²) in [5, 5.41) is 9.66. The van der Waals surface area contributed by atoms with E-state index in [1.807, 2.05) is 6.92 Å². The first-order valence-electron chi connectivity index (χ1n) is 12.9. The van der Waals surface area contributed by atoms with Gasteiger partial charge in [0.25, 0.3) is 0 Å². The summed E-state index contributed by atoms with van der Waals surface area (Å²) in [6.45, 7) is 6.90. The van der Waals surface area contributed by atoms with E-state index in [2.05, 4.69) is 0 Å². The zero-order chi connectivity index (χ0) is 27.1. The van der Waals surface area contributed by atoms with Crippen molar-refractivity contribution in [3.63, 3.8) is 0 Å². The van der Waals surface area contributed by atoms with Crippen molar-refractivity contribution in [2.75, 3.05) is 25.2 Å². The van der Waals surface area contributed by atoms with Crippen LogP contribution in [0.25, 0.3) is 0 Å². The third-order valence-corrected chi connectivity index (χ3v) is 10.2. The summed E-state index contributed by atoms with van der Waals surface area (Å²) in [7, 11) is -1.80. The fourth-order valence-electron chi connectivity index (χ4n) is 5.91. The van der Waals surface area contributed by atoms with Gasteiger partial charge in [0.2, 0.25) is 20.2 Å². The van der Waals surface area contributed by atoms with Crippen LogP contribution in [0.5, 0.6) is 5.75 Å². The number of carbonyl (C=O) groups excluding carboxylic acids is 3. The van der Waals surface area contributed by atoms with Crippen LogP contribution in [0.4, 0.5) is 9.80 Å². The molecule has 2 fully saturated rings. The molecule has 0 bridgehead atoms. The number of hydrogen-bond acceptors (Lipinski definition) is 7. The van der Waals surface area contributed by atoms with E-state index in [1.165, 1.54) is 11.8 Å². The Hall–Kier alpha value is -2.50. The molecule has 1 aromatic carbocycles. The van der Waals surface area contributed by atoms with Gasteiger partial charge in [-0.1, -0.05) is 6.92 Å². The molecule has 0 spiro atoms. The van der Waals surface area contributed by atoms with Crippen LogP contribution in [0.1, 0.15) is 51.2 Å². The van der Waals surface area contributed by atoms with Gasteiger partial charge < -0.3 is 28.3 Å². The number of rotatable bonds is 8. The number of halogens is 1. The lowest BCUT2D eigenvalue weighted by atomic mass is 9.86. The summed E-state index contributed by atoms with van der Waals surface area (Å²) in [4.78, 5) is 40.0. The van der Waals surface area contributed by atoms with Crippen molar-refractivity contribution < 1.29 is 37.8 Å². The highest BCUT2D eigenvalue weighted by Crippen LogP contribution is 2.49. The van der Waals surface area contributed by atoms with Crippen molar-refractivity contribution in [3.8, 4) is 5.75 Å². The molecule has 9 nitrogen and oxygen atoms in total. The van der Waals surface area contributed by atoms with Crippen molar-refractivity contribution in [3.05, 3.63) is 23.8 Å². The maximum Gasteiger partial charge on any atom is 0.304 e. The van der Waals surface area contributed by atoms with Gasteiger partial charge in [-0.15, -0.1) is 0 Å². The Morgan fingerprint density at radius 2 is 2.05 bits per heavy atom. The SMILES string of the molecule is CO[C@H]1c2cc(N3C(=O)CC3OC(C)=O)ccc2O[C@@H](C(CC(=O)N2CCC[C@H]2CO)[Si](C)(C)F)[C@@H]1C. The minimum Gasteiger partial charge on any atom is -0.490 e. The van der Waals surface area contributed by atoms with Crippen molar-refractivity contribution in [2.24, 2.45) is 5.92 Å². The lowest BCUT2D eigenvalue weighted by molar-refractivity contribution is -0.153. The summed E-state index contributed by atoms with van der Waals surface area (Å²) in [5.41, 5.74) is 0.660. The van der Waals surface area contributed by atoms with Crippen LogP contribution in [0.3, 0.4) is 0 Å². The molecule has 204 valence electrons. The molecule has 2 unspecified atom stereocenters. The highest BCUT2D eigenvalue weighted by atomic mass is 28.4. The van der Waals surface area contributed by atoms with E-state index in [9.17, 15) is 19.5 Å². The molecular formula is C26H37FN2O7Si. The van der Waals surface area contributed by atoms with E-state index < -0.39 is 38.4 Å². The van der Waals surface area contributed by atoms with Gasteiger partial charge in [0.1, 0.15) is 11.9 Å². The van der Waals surface area contributed by atoms with Gasteiger partial charge in [0.15, 0.2) is 6.23 Å². The number of aliphatic hydroxyl groups is 1. The Balaban J connectivity index is 1.60. The average Bonchev–Trinajstić information content (AvgIpc) is 3.30. The number of benzene rings is 1. The largest absolute Gasteiger partial charge is 0.490 e. The summed E-state index contributed by atoms with van der Waals surface area (Å²) in [5.74, 6) is -0.543. The number of ether oxygens (including phenoxy) is 3. The van der Waals surface area contributed by atoms with Gasteiger partial charge in [-0.25, -0.2) is 0 Å². The molecule has 0 saturated carbocycles. The van der Waals surface area contributed by atoms with E-state index in [-0.39, 0.29) is 43.2 Å². The smallest absolute Gasteiger partial charge is 0.304 e. The van der Waals surface area contributed by atoms with Crippen molar-refractivity contribution in [2.45, 2.75) is 82.6 Å². The molecule has 37 heavy (non-hydrogen) atoms. The first kappa shape index (κ1) is 27.5. The monoisotopic (exact) mass is 536 g/mol. The number of carbonyl (C=O) groups is 3.